The Morgan fingerprint density at radius 3 is 2.68 bits per heavy atom. The zero-order valence-corrected chi connectivity index (χ0v) is 15.1. The lowest BCUT2D eigenvalue weighted by atomic mass is 10.1. The van der Waals surface area contributed by atoms with Crippen LogP contribution in [0.1, 0.15) is 42.1 Å². The number of carbonyl (C=O) groups excluding carboxylic acids is 2. The number of rotatable bonds is 5. The fourth-order valence-electron chi connectivity index (χ4n) is 3.11. The van der Waals surface area contributed by atoms with Gasteiger partial charge < -0.3 is 10.2 Å². The first-order valence-electron chi connectivity index (χ1n) is 8.78. The number of likely N-dealkylation sites (tertiary alicyclic amines) is 1. The molecule has 1 N–H and O–H groups in total. The highest BCUT2D eigenvalue weighted by molar-refractivity contribution is 5.97. The number of aryl methyl sites for hydroxylation is 1. The summed E-state index contributed by atoms with van der Waals surface area (Å²) in [5.74, 6) is -0.983. The molecule has 1 aromatic carbocycles. The van der Waals surface area contributed by atoms with E-state index in [1.54, 1.807) is 4.90 Å². The van der Waals surface area contributed by atoms with Crippen LogP contribution in [0.15, 0.2) is 24.5 Å². The monoisotopic (exact) mass is 396 g/mol. The van der Waals surface area contributed by atoms with Gasteiger partial charge in [-0.2, -0.15) is 13.2 Å². The minimum atomic E-state index is -4.64. The van der Waals surface area contributed by atoms with Crippen LogP contribution in [0.25, 0.3) is 0 Å². The molecule has 1 aliphatic heterocycles. The second-order valence-corrected chi connectivity index (χ2v) is 6.66. The molecule has 0 saturated carbocycles. The molecule has 11 heteroatoms. The zero-order chi connectivity index (χ0) is 20.3. The van der Waals surface area contributed by atoms with Gasteiger partial charge in [-0.25, -0.2) is 4.68 Å². The Morgan fingerprint density at radius 1 is 1.29 bits per heavy atom. The normalized spacial score (nSPS) is 17.0. The van der Waals surface area contributed by atoms with Crippen molar-refractivity contribution < 1.29 is 22.8 Å². The van der Waals surface area contributed by atoms with Gasteiger partial charge in [-0.05, 0) is 48.4 Å². The van der Waals surface area contributed by atoms with Crippen LogP contribution < -0.4 is 5.32 Å². The minimum absolute atomic E-state index is 0.0311. The lowest BCUT2D eigenvalue weighted by molar-refractivity contribution is -0.137. The Balaban J connectivity index is 1.79. The van der Waals surface area contributed by atoms with E-state index in [9.17, 15) is 22.8 Å². The highest BCUT2D eigenvalue weighted by Gasteiger charge is 2.33. The van der Waals surface area contributed by atoms with Crippen molar-refractivity contribution in [3.8, 4) is 0 Å². The number of amides is 2. The lowest BCUT2D eigenvalue weighted by Gasteiger charge is -2.22. The smallest absolute Gasteiger partial charge is 0.336 e. The SMILES string of the molecule is CC1CCCN1C(=O)c1cc(NC(=O)CCn2cnnn2)cc(C(F)(F)F)c1. The Kier molecular flexibility index (Phi) is 5.61. The van der Waals surface area contributed by atoms with Crippen molar-refractivity contribution in [2.45, 2.75) is 44.9 Å². The highest BCUT2D eigenvalue weighted by atomic mass is 19.4. The average molecular weight is 396 g/mol. The first-order chi connectivity index (χ1) is 13.2. The topological polar surface area (TPSA) is 93.0 Å². The molecule has 1 aliphatic rings. The third kappa shape index (κ3) is 4.65. The van der Waals surface area contributed by atoms with Gasteiger partial charge in [-0.3, -0.25) is 9.59 Å². The van der Waals surface area contributed by atoms with E-state index in [0.717, 1.165) is 25.0 Å². The van der Waals surface area contributed by atoms with Crippen LogP contribution in [0.5, 0.6) is 0 Å². The Bertz CT molecular complexity index is 853. The number of aromatic nitrogens is 4. The van der Waals surface area contributed by atoms with Crippen LogP contribution in [-0.4, -0.2) is 49.5 Å². The van der Waals surface area contributed by atoms with E-state index in [4.69, 9.17) is 0 Å². The molecule has 2 heterocycles. The number of anilines is 1. The third-order valence-electron chi connectivity index (χ3n) is 4.56. The number of benzene rings is 1. The first-order valence-corrected chi connectivity index (χ1v) is 8.78. The fourth-order valence-corrected chi connectivity index (χ4v) is 3.11. The number of tetrazole rings is 1. The molecule has 8 nitrogen and oxygen atoms in total. The zero-order valence-electron chi connectivity index (χ0n) is 15.1. The van der Waals surface area contributed by atoms with Gasteiger partial charge in [0.1, 0.15) is 6.33 Å². The quantitative estimate of drug-likeness (QED) is 0.838. The van der Waals surface area contributed by atoms with Crippen LogP contribution in [0.2, 0.25) is 0 Å². The van der Waals surface area contributed by atoms with Crippen molar-refractivity contribution in [2.24, 2.45) is 0 Å². The standard InChI is InChI=1S/C17H19F3N6O2/c1-11-3-2-5-26(11)16(28)12-7-13(17(18,19)20)9-14(8-12)22-15(27)4-6-25-10-21-23-24-25/h7-11H,2-6H2,1H3,(H,22,27). The maximum absolute atomic E-state index is 13.3. The van der Waals surface area contributed by atoms with Crippen LogP contribution in [0.3, 0.4) is 0 Å². The molecular weight excluding hydrogens is 377 g/mol. The van der Waals surface area contributed by atoms with Gasteiger partial charge in [0.15, 0.2) is 0 Å². The molecule has 1 atom stereocenters. The predicted octanol–water partition coefficient (Wildman–Crippen LogP) is 2.35. The molecule has 0 bridgehead atoms. The van der Waals surface area contributed by atoms with E-state index in [-0.39, 0.29) is 30.3 Å². The first kappa shape index (κ1) is 19.8. The largest absolute Gasteiger partial charge is 0.416 e. The Hall–Kier alpha value is -2.98. The molecule has 0 radical (unpaired) electrons. The summed E-state index contributed by atoms with van der Waals surface area (Å²) in [5.41, 5.74) is -1.16. The number of carbonyl (C=O) groups is 2. The third-order valence-corrected chi connectivity index (χ3v) is 4.56. The highest BCUT2D eigenvalue weighted by Crippen LogP contribution is 2.33. The number of hydrogen-bond acceptors (Lipinski definition) is 5. The summed E-state index contributed by atoms with van der Waals surface area (Å²) in [7, 11) is 0. The summed E-state index contributed by atoms with van der Waals surface area (Å²) < 4.78 is 41.1. The summed E-state index contributed by atoms with van der Waals surface area (Å²) in [6, 6.07) is 2.89. The summed E-state index contributed by atoms with van der Waals surface area (Å²) in [6.07, 6.45) is -1.73. The summed E-state index contributed by atoms with van der Waals surface area (Å²) >= 11 is 0. The minimum Gasteiger partial charge on any atom is -0.336 e. The molecule has 1 saturated heterocycles. The van der Waals surface area contributed by atoms with Gasteiger partial charge >= 0.3 is 6.18 Å². The van der Waals surface area contributed by atoms with Crippen LogP contribution in [-0.2, 0) is 17.5 Å². The van der Waals surface area contributed by atoms with Crippen LogP contribution in [0, 0.1) is 0 Å². The maximum Gasteiger partial charge on any atom is 0.416 e. The van der Waals surface area contributed by atoms with Gasteiger partial charge in [0.2, 0.25) is 5.91 Å². The molecule has 0 aliphatic carbocycles. The molecule has 0 spiro atoms. The lowest BCUT2D eigenvalue weighted by Crippen LogP contribution is -2.33. The van der Waals surface area contributed by atoms with Crippen molar-refractivity contribution in [1.82, 2.24) is 25.1 Å². The van der Waals surface area contributed by atoms with Gasteiger partial charge in [0, 0.05) is 30.3 Å². The Labute approximate surface area is 158 Å². The Morgan fingerprint density at radius 2 is 2.07 bits per heavy atom. The molecule has 1 unspecified atom stereocenters. The van der Waals surface area contributed by atoms with Crippen molar-refractivity contribution in [1.29, 1.82) is 0 Å². The van der Waals surface area contributed by atoms with E-state index in [1.165, 1.54) is 17.1 Å². The molecule has 150 valence electrons. The fraction of sp³-hybridized carbons (Fsp3) is 0.471. The summed E-state index contributed by atoms with van der Waals surface area (Å²) in [4.78, 5) is 26.3. The van der Waals surface area contributed by atoms with Crippen molar-refractivity contribution in [2.75, 3.05) is 11.9 Å². The summed E-state index contributed by atoms with van der Waals surface area (Å²) in [6.45, 7) is 2.54. The number of halogens is 3. The van der Waals surface area contributed by atoms with Crippen molar-refractivity contribution in [3.63, 3.8) is 0 Å². The molecule has 1 aromatic heterocycles. The summed E-state index contributed by atoms with van der Waals surface area (Å²) in [5, 5.41) is 12.9. The maximum atomic E-state index is 13.3. The van der Waals surface area contributed by atoms with E-state index >= 15 is 0 Å². The second-order valence-electron chi connectivity index (χ2n) is 6.66. The van der Waals surface area contributed by atoms with Crippen LogP contribution in [0.4, 0.5) is 18.9 Å². The van der Waals surface area contributed by atoms with E-state index in [0.29, 0.717) is 6.54 Å². The number of hydrogen-bond donors (Lipinski definition) is 1. The molecule has 28 heavy (non-hydrogen) atoms. The number of alkyl halides is 3. The molecule has 2 aromatic rings. The number of nitrogens with zero attached hydrogens (tertiary/aromatic N) is 5. The van der Waals surface area contributed by atoms with Gasteiger partial charge in [-0.15, -0.1) is 5.10 Å². The van der Waals surface area contributed by atoms with Gasteiger partial charge in [0.05, 0.1) is 12.1 Å². The molecule has 2 amide bonds. The van der Waals surface area contributed by atoms with E-state index in [2.05, 4.69) is 20.8 Å². The predicted molar refractivity (Wildman–Crippen MR) is 92.2 cm³/mol. The van der Waals surface area contributed by atoms with E-state index < -0.39 is 23.6 Å². The van der Waals surface area contributed by atoms with Gasteiger partial charge in [-0.1, -0.05) is 0 Å². The van der Waals surface area contributed by atoms with Gasteiger partial charge in [0.25, 0.3) is 5.91 Å². The average Bonchev–Trinajstić information content (AvgIpc) is 3.30. The number of nitrogens with one attached hydrogen (secondary N) is 1. The van der Waals surface area contributed by atoms with Crippen molar-refractivity contribution >= 4 is 17.5 Å². The van der Waals surface area contributed by atoms with Crippen LogP contribution >= 0.6 is 0 Å². The van der Waals surface area contributed by atoms with Crippen molar-refractivity contribution in [3.05, 3.63) is 35.7 Å². The van der Waals surface area contributed by atoms with E-state index in [1.807, 2.05) is 6.92 Å². The molecular formula is C17H19F3N6O2. The molecule has 3 rings (SSSR count). The second kappa shape index (κ2) is 7.95. The molecule has 1 fully saturated rings.